The molecule has 1 saturated carbocycles. The van der Waals surface area contributed by atoms with E-state index in [-0.39, 0.29) is 35.7 Å². The SMILES string of the molecule is CC(C)Oc1cc(-c2ccc(CCNC[C@H](O)c3ccccc3)cc2)ccc1C(=O)NS(=O)(=O)CC1CCCCC1.Cl. The second-order valence-electron chi connectivity index (χ2n) is 11.2. The van der Waals surface area contributed by atoms with Crippen LogP contribution in [-0.2, 0) is 16.4 Å². The molecule has 1 amide bonds. The van der Waals surface area contributed by atoms with E-state index in [4.69, 9.17) is 4.74 Å². The van der Waals surface area contributed by atoms with Crippen molar-refractivity contribution >= 4 is 28.3 Å². The summed E-state index contributed by atoms with van der Waals surface area (Å²) in [6.07, 6.45) is 5.09. The molecule has 1 aliphatic rings. The predicted octanol–water partition coefficient (Wildman–Crippen LogP) is 6.07. The van der Waals surface area contributed by atoms with E-state index >= 15 is 0 Å². The number of carbonyl (C=O) groups is 1. The second kappa shape index (κ2) is 16.1. The minimum Gasteiger partial charge on any atom is -0.490 e. The Bertz CT molecular complexity index is 1380. The zero-order valence-electron chi connectivity index (χ0n) is 24.4. The first-order chi connectivity index (χ1) is 19.7. The zero-order chi connectivity index (χ0) is 29.2. The molecule has 0 aromatic heterocycles. The summed E-state index contributed by atoms with van der Waals surface area (Å²) < 4.78 is 33.7. The van der Waals surface area contributed by atoms with Crippen LogP contribution in [0, 0.1) is 5.92 Å². The first kappa shape index (κ1) is 33.6. The van der Waals surface area contributed by atoms with E-state index in [9.17, 15) is 18.3 Å². The van der Waals surface area contributed by atoms with Gasteiger partial charge in [0.05, 0.1) is 23.5 Å². The highest BCUT2D eigenvalue weighted by molar-refractivity contribution is 7.90. The molecule has 3 aromatic carbocycles. The van der Waals surface area contributed by atoms with Crippen LogP contribution in [0.25, 0.3) is 11.1 Å². The van der Waals surface area contributed by atoms with Crippen molar-refractivity contribution in [1.29, 1.82) is 0 Å². The summed E-state index contributed by atoms with van der Waals surface area (Å²) in [5, 5.41) is 13.6. The van der Waals surface area contributed by atoms with Gasteiger partial charge in [-0.1, -0.05) is 79.9 Å². The maximum Gasteiger partial charge on any atom is 0.268 e. The number of rotatable bonds is 13. The Balaban J connectivity index is 0.00000484. The van der Waals surface area contributed by atoms with Crippen LogP contribution in [0.15, 0.2) is 72.8 Å². The average molecular weight is 615 g/mol. The fourth-order valence-electron chi connectivity index (χ4n) is 5.27. The Morgan fingerprint density at radius 1 is 0.952 bits per heavy atom. The standard InChI is InChI=1S/C33H42N2O5S.ClH/c1-24(2)40-32-21-29(17-18-30(32)33(37)35-41(38,39)23-26-9-5-3-6-10-26)27-15-13-25(14-16-27)19-20-34-22-31(36)28-11-7-4-8-12-28;/h4,7-8,11-18,21,24,26,31,34,36H,3,5-6,9-10,19-20,22-23H2,1-2H3,(H,35,37);1H/t31-;/m0./s1. The van der Waals surface area contributed by atoms with Gasteiger partial charge in [0.1, 0.15) is 5.75 Å². The van der Waals surface area contributed by atoms with Crippen LogP contribution in [0.5, 0.6) is 5.75 Å². The number of halogens is 1. The molecule has 4 rings (SSSR count). The molecule has 42 heavy (non-hydrogen) atoms. The summed E-state index contributed by atoms with van der Waals surface area (Å²) in [5.74, 6) is -0.231. The molecule has 228 valence electrons. The number of benzene rings is 3. The third-order valence-electron chi connectivity index (χ3n) is 7.42. The fraction of sp³-hybridized carbons (Fsp3) is 0.424. The summed E-state index contributed by atoms with van der Waals surface area (Å²) >= 11 is 0. The van der Waals surface area contributed by atoms with Crippen molar-refractivity contribution in [2.24, 2.45) is 5.92 Å². The van der Waals surface area contributed by atoms with Gasteiger partial charge in [-0.3, -0.25) is 4.79 Å². The van der Waals surface area contributed by atoms with Gasteiger partial charge in [-0.2, -0.15) is 0 Å². The van der Waals surface area contributed by atoms with Gasteiger partial charge in [-0.25, -0.2) is 13.1 Å². The Morgan fingerprint density at radius 2 is 1.62 bits per heavy atom. The highest BCUT2D eigenvalue weighted by atomic mass is 35.5. The van der Waals surface area contributed by atoms with Crippen molar-refractivity contribution < 1.29 is 23.1 Å². The topological polar surface area (TPSA) is 105 Å². The van der Waals surface area contributed by atoms with Crippen molar-refractivity contribution in [1.82, 2.24) is 10.0 Å². The number of amides is 1. The summed E-state index contributed by atoms with van der Waals surface area (Å²) in [6.45, 7) is 4.97. The zero-order valence-corrected chi connectivity index (χ0v) is 26.1. The van der Waals surface area contributed by atoms with Crippen LogP contribution in [0.1, 0.15) is 73.5 Å². The molecule has 0 bridgehead atoms. The number of aliphatic hydroxyl groups excluding tert-OH is 1. The normalized spacial score (nSPS) is 14.7. The third kappa shape index (κ3) is 10.1. The highest BCUT2D eigenvalue weighted by Crippen LogP contribution is 2.29. The second-order valence-corrected chi connectivity index (χ2v) is 12.9. The van der Waals surface area contributed by atoms with Crippen molar-refractivity contribution in [2.75, 3.05) is 18.8 Å². The number of ether oxygens (including phenoxy) is 1. The predicted molar refractivity (Wildman–Crippen MR) is 171 cm³/mol. The van der Waals surface area contributed by atoms with Crippen LogP contribution in [0.3, 0.4) is 0 Å². The number of carbonyl (C=O) groups excluding carboxylic acids is 1. The van der Waals surface area contributed by atoms with E-state index in [2.05, 4.69) is 22.2 Å². The van der Waals surface area contributed by atoms with Gasteiger partial charge in [0, 0.05) is 6.54 Å². The quantitative estimate of drug-likeness (QED) is 0.202. The molecule has 3 aromatic rings. The number of hydrogen-bond donors (Lipinski definition) is 3. The molecule has 0 aliphatic heterocycles. The summed E-state index contributed by atoms with van der Waals surface area (Å²) in [4.78, 5) is 13.1. The highest BCUT2D eigenvalue weighted by Gasteiger charge is 2.25. The van der Waals surface area contributed by atoms with Crippen LogP contribution >= 0.6 is 12.4 Å². The molecular formula is C33H43ClN2O5S. The van der Waals surface area contributed by atoms with Crippen molar-refractivity contribution in [3.05, 3.63) is 89.5 Å². The summed E-state index contributed by atoms with van der Waals surface area (Å²) in [6, 6.07) is 23.0. The van der Waals surface area contributed by atoms with E-state index in [1.54, 1.807) is 12.1 Å². The van der Waals surface area contributed by atoms with Gasteiger partial charge < -0.3 is 15.2 Å². The lowest BCUT2D eigenvalue weighted by Crippen LogP contribution is -2.35. The summed E-state index contributed by atoms with van der Waals surface area (Å²) in [7, 11) is -3.74. The molecule has 0 radical (unpaired) electrons. The maximum atomic E-state index is 13.1. The molecule has 9 heteroatoms. The van der Waals surface area contributed by atoms with Gasteiger partial charge in [-0.15, -0.1) is 12.4 Å². The molecule has 0 heterocycles. The maximum absolute atomic E-state index is 13.1. The van der Waals surface area contributed by atoms with Gasteiger partial charge in [0.15, 0.2) is 0 Å². The molecular weight excluding hydrogens is 572 g/mol. The molecule has 0 spiro atoms. The van der Waals surface area contributed by atoms with E-state index in [0.29, 0.717) is 12.3 Å². The smallest absolute Gasteiger partial charge is 0.268 e. The van der Waals surface area contributed by atoms with E-state index in [1.165, 1.54) is 0 Å². The van der Waals surface area contributed by atoms with Crippen molar-refractivity contribution in [3.8, 4) is 16.9 Å². The van der Waals surface area contributed by atoms with E-state index in [0.717, 1.165) is 67.3 Å². The number of sulfonamides is 1. The number of aliphatic hydroxyl groups is 1. The molecule has 0 unspecified atom stereocenters. The fourth-order valence-corrected chi connectivity index (χ4v) is 6.70. The van der Waals surface area contributed by atoms with Gasteiger partial charge in [0.25, 0.3) is 5.91 Å². The molecule has 1 fully saturated rings. The van der Waals surface area contributed by atoms with E-state index in [1.807, 2.05) is 62.4 Å². The van der Waals surface area contributed by atoms with Crippen LogP contribution in [-0.4, -0.2) is 44.4 Å². The largest absolute Gasteiger partial charge is 0.490 e. The average Bonchev–Trinajstić information content (AvgIpc) is 2.95. The lowest BCUT2D eigenvalue weighted by atomic mass is 9.91. The summed E-state index contributed by atoms with van der Waals surface area (Å²) in [5.41, 5.74) is 4.10. The lowest BCUT2D eigenvalue weighted by Gasteiger charge is -2.21. The molecule has 1 atom stereocenters. The Hall–Kier alpha value is -2.91. The Labute approximate surface area is 256 Å². The van der Waals surface area contributed by atoms with Crippen LogP contribution < -0.4 is 14.8 Å². The number of hydrogen-bond acceptors (Lipinski definition) is 6. The molecule has 1 aliphatic carbocycles. The van der Waals surface area contributed by atoms with Gasteiger partial charge in [-0.05, 0) is 80.0 Å². The number of nitrogens with one attached hydrogen (secondary N) is 2. The minimum absolute atomic E-state index is 0. The monoisotopic (exact) mass is 614 g/mol. The molecule has 0 saturated heterocycles. The minimum atomic E-state index is -3.74. The van der Waals surface area contributed by atoms with Crippen LogP contribution in [0.4, 0.5) is 0 Å². The lowest BCUT2D eigenvalue weighted by molar-refractivity contribution is 0.0975. The molecule has 3 N–H and O–H groups in total. The Morgan fingerprint density at radius 3 is 2.29 bits per heavy atom. The molecule has 7 nitrogen and oxygen atoms in total. The van der Waals surface area contributed by atoms with Crippen molar-refractivity contribution in [2.45, 2.75) is 64.6 Å². The van der Waals surface area contributed by atoms with Gasteiger partial charge >= 0.3 is 0 Å². The van der Waals surface area contributed by atoms with Crippen molar-refractivity contribution in [3.63, 3.8) is 0 Å². The third-order valence-corrected chi connectivity index (χ3v) is 8.82. The van der Waals surface area contributed by atoms with E-state index < -0.39 is 22.0 Å². The first-order valence-corrected chi connectivity index (χ1v) is 16.2. The first-order valence-electron chi connectivity index (χ1n) is 14.6. The van der Waals surface area contributed by atoms with Crippen LogP contribution in [0.2, 0.25) is 0 Å². The van der Waals surface area contributed by atoms with Gasteiger partial charge in [0.2, 0.25) is 10.0 Å². The Kier molecular flexibility index (Phi) is 12.9.